The summed E-state index contributed by atoms with van der Waals surface area (Å²) >= 11 is 0. The molecule has 0 spiro atoms. The monoisotopic (exact) mass is 322 g/mol. The van der Waals surface area contributed by atoms with E-state index in [9.17, 15) is 0 Å². The zero-order chi connectivity index (χ0) is 16.7. The van der Waals surface area contributed by atoms with Gasteiger partial charge < -0.3 is 15.4 Å². The fourth-order valence-corrected chi connectivity index (χ4v) is 3.55. The molecule has 3 heterocycles. The van der Waals surface area contributed by atoms with Crippen LogP contribution in [0, 0.1) is 0 Å². The molecule has 0 unspecified atom stereocenters. The number of benzene rings is 1. The second kappa shape index (κ2) is 5.91. The number of morpholine rings is 1. The summed E-state index contributed by atoms with van der Waals surface area (Å²) in [7, 11) is 0. The maximum atomic E-state index is 5.96. The van der Waals surface area contributed by atoms with Crippen LogP contribution in [-0.4, -0.2) is 36.0 Å². The zero-order valence-corrected chi connectivity index (χ0v) is 14.1. The molecule has 5 heteroatoms. The van der Waals surface area contributed by atoms with E-state index in [4.69, 9.17) is 15.5 Å². The minimum absolute atomic E-state index is 0.212. The van der Waals surface area contributed by atoms with Crippen molar-refractivity contribution < 1.29 is 4.74 Å². The second-order valence-electron chi connectivity index (χ2n) is 6.65. The van der Waals surface area contributed by atoms with Crippen molar-refractivity contribution in [2.45, 2.75) is 32.6 Å². The highest BCUT2D eigenvalue weighted by molar-refractivity contribution is 6.15. The van der Waals surface area contributed by atoms with Gasteiger partial charge >= 0.3 is 0 Å². The third-order valence-corrected chi connectivity index (χ3v) is 4.56. The Balaban J connectivity index is 1.66. The SMILES string of the molecule is C[C@@H]1CN(c2cc(C3=NCc4ccc(N)cc43)ccn2)C[C@H](C)O1. The summed E-state index contributed by atoms with van der Waals surface area (Å²) < 4.78 is 5.82. The molecular weight excluding hydrogens is 300 g/mol. The summed E-state index contributed by atoms with van der Waals surface area (Å²) in [6.45, 7) is 6.64. The van der Waals surface area contributed by atoms with Gasteiger partial charge in [0, 0.05) is 36.1 Å². The van der Waals surface area contributed by atoms with Crippen molar-refractivity contribution in [3.8, 4) is 0 Å². The molecule has 2 aliphatic rings. The number of rotatable bonds is 2. The number of nitrogens with two attached hydrogens (primary N) is 1. The van der Waals surface area contributed by atoms with Crippen LogP contribution in [0.25, 0.3) is 0 Å². The van der Waals surface area contributed by atoms with Crippen LogP contribution in [0.3, 0.4) is 0 Å². The molecule has 0 aliphatic carbocycles. The van der Waals surface area contributed by atoms with Gasteiger partial charge in [0.15, 0.2) is 0 Å². The predicted octanol–water partition coefficient (Wildman–Crippen LogP) is 2.63. The van der Waals surface area contributed by atoms with Crippen molar-refractivity contribution in [3.63, 3.8) is 0 Å². The molecule has 0 bridgehead atoms. The van der Waals surface area contributed by atoms with Crippen LogP contribution >= 0.6 is 0 Å². The number of pyridine rings is 1. The molecule has 2 N–H and O–H groups in total. The average molecular weight is 322 g/mol. The smallest absolute Gasteiger partial charge is 0.129 e. The molecule has 1 aromatic carbocycles. The topological polar surface area (TPSA) is 63.7 Å². The summed E-state index contributed by atoms with van der Waals surface area (Å²) in [6.07, 6.45) is 2.29. The Morgan fingerprint density at radius 2 is 1.92 bits per heavy atom. The number of anilines is 2. The van der Waals surface area contributed by atoms with Gasteiger partial charge in [-0.15, -0.1) is 0 Å². The minimum Gasteiger partial charge on any atom is -0.399 e. The molecule has 124 valence electrons. The van der Waals surface area contributed by atoms with Crippen LogP contribution < -0.4 is 10.6 Å². The summed E-state index contributed by atoms with van der Waals surface area (Å²) in [5, 5.41) is 0. The largest absolute Gasteiger partial charge is 0.399 e. The van der Waals surface area contributed by atoms with E-state index in [1.165, 1.54) is 5.56 Å². The first kappa shape index (κ1) is 15.1. The summed E-state index contributed by atoms with van der Waals surface area (Å²) in [6, 6.07) is 10.2. The Labute approximate surface area is 142 Å². The first-order valence-corrected chi connectivity index (χ1v) is 8.40. The van der Waals surface area contributed by atoms with E-state index < -0.39 is 0 Å². The lowest BCUT2D eigenvalue weighted by molar-refractivity contribution is -0.00545. The van der Waals surface area contributed by atoms with Crippen LogP contribution in [0.4, 0.5) is 11.5 Å². The van der Waals surface area contributed by atoms with Gasteiger partial charge in [-0.3, -0.25) is 4.99 Å². The predicted molar refractivity (Wildman–Crippen MR) is 96.7 cm³/mol. The van der Waals surface area contributed by atoms with Gasteiger partial charge in [0.25, 0.3) is 0 Å². The Morgan fingerprint density at radius 1 is 1.12 bits per heavy atom. The van der Waals surface area contributed by atoms with Crippen molar-refractivity contribution >= 4 is 17.2 Å². The summed E-state index contributed by atoms with van der Waals surface area (Å²) in [5.41, 5.74) is 11.2. The number of hydrogen-bond acceptors (Lipinski definition) is 5. The molecule has 0 amide bonds. The third-order valence-electron chi connectivity index (χ3n) is 4.56. The van der Waals surface area contributed by atoms with Crippen molar-refractivity contribution in [2.24, 2.45) is 4.99 Å². The van der Waals surface area contributed by atoms with Crippen LogP contribution in [0.1, 0.15) is 30.5 Å². The number of nitrogen functional groups attached to an aromatic ring is 1. The lowest BCUT2D eigenvalue weighted by Crippen LogP contribution is -2.45. The number of aromatic nitrogens is 1. The molecule has 0 radical (unpaired) electrons. The molecule has 2 aromatic rings. The van der Waals surface area contributed by atoms with Crippen molar-refractivity contribution in [2.75, 3.05) is 23.7 Å². The van der Waals surface area contributed by atoms with Gasteiger partial charge in [-0.25, -0.2) is 4.98 Å². The Bertz CT molecular complexity index is 792. The average Bonchev–Trinajstić information content (AvgIpc) is 2.97. The van der Waals surface area contributed by atoms with Gasteiger partial charge in [0.2, 0.25) is 0 Å². The van der Waals surface area contributed by atoms with Crippen molar-refractivity contribution in [1.29, 1.82) is 0 Å². The highest BCUT2D eigenvalue weighted by Crippen LogP contribution is 2.27. The summed E-state index contributed by atoms with van der Waals surface area (Å²) in [5.74, 6) is 0.981. The zero-order valence-electron chi connectivity index (χ0n) is 14.1. The van der Waals surface area contributed by atoms with Crippen molar-refractivity contribution in [1.82, 2.24) is 4.98 Å². The highest BCUT2D eigenvalue weighted by atomic mass is 16.5. The molecule has 5 nitrogen and oxygen atoms in total. The molecule has 0 saturated carbocycles. The van der Waals surface area contributed by atoms with Gasteiger partial charge in [-0.1, -0.05) is 6.07 Å². The van der Waals surface area contributed by atoms with E-state index >= 15 is 0 Å². The normalized spacial score (nSPS) is 23.1. The molecule has 2 aliphatic heterocycles. The molecular formula is C19H22N4O. The van der Waals surface area contributed by atoms with E-state index in [1.807, 2.05) is 24.4 Å². The van der Waals surface area contributed by atoms with E-state index in [0.717, 1.165) is 41.4 Å². The van der Waals surface area contributed by atoms with Crippen LogP contribution in [-0.2, 0) is 11.3 Å². The third kappa shape index (κ3) is 2.76. The van der Waals surface area contributed by atoms with E-state index in [0.29, 0.717) is 6.54 Å². The maximum Gasteiger partial charge on any atom is 0.129 e. The summed E-state index contributed by atoms with van der Waals surface area (Å²) in [4.78, 5) is 11.6. The van der Waals surface area contributed by atoms with Gasteiger partial charge in [0.05, 0.1) is 24.5 Å². The molecule has 4 rings (SSSR count). The number of fused-ring (bicyclic) bond motifs is 1. The second-order valence-corrected chi connectivity index (χ2v) is 6.65. The Hall–Kier alpha value is -2.40. The van der Waals surface area contributed by atoms with Crippen LogP contribution in [0.15, 0.2) is 41.5 Å². The van der Waals surface area contributed by atoms with E-state index in [1.54, 1.807) is 0 Å². The fraction of sp³-hybridized carbons (Fsp3) is 0.368. The number of nitrogens with zero attached hydrogens (tertiary/aromatic N) is 3. The number of hydrogen-bond donors (Lipinski definition) is 1. The molecule has 2 atom stereocenters. The first-order chi connectivity index (χ1) is 11.6. The Morgan fingerprint density at radius 3 is 2.71 bits per heavy atom. The first-order valence-electron chi connectivity index (χ1n) is 8.40. The number of ether oxygens (including phenoxy) is 1. The fourth-order valence-electron chi connectivity index (χ4n) is 3.55. The quantitative estimate of drug-likeness (QED) is 0.863. The molecule has 1 fully saturated rings. The number of aliphatic imine (C=N–C) groups is 1. The van der Waals surface area contributed by atoms with Crippen LogP contribution in [0.5, 0.6) is 0 Å². The minimum atomic E-state index is 0.212. The lowest BCUT2D eigenvalue weighted by atomic mass is 10.00. The van der Waals surface area contributed by atoms with Gasteiger partial charge in [-0.05, 0) is 43.7 Å². The molecule has 1 aromatic heterocycles. The molecule has 24 heavy (non-hydrogen) atoms. The van der Waals surface area contributed by atoms with E-state index in [-0.39, 0.29) is 12.2 Å². The highest BCUT2D eigenvalue weighted by Gasteiger charge is 2.24. The Kier molecular flexibility index (Phi) is 3.73. The standard InChI is InChI=1S/C19H22N4O/c1-12-10-23(11-13(2)24-12)18-7-14(5-6-21-18)19-17-8-16(20)4-3-15(17)9-22-19/h3-8,12-13H,9-11,20H2,1-2H3/t12-,13+. The van der Waals surface area contributed by atoms with Crippen molar-refractivity contribution in [3.05, 3.63) is 53.2 Å². The van der Waals surface area contributed by atoms with E-state index in [2.05, 4.69) is 35.9 Å². The van der Waals surface area contributed by atoms with Gasteiger partial charge in [-0.2, -0.15) is 0 Å². The van der Waals surface area contributed by atoms with Crippen LogP contribution in [0.2, 0.25) is 0 Å². The lowest BCUT2D eigenvalue weighted by Gasteiger charge is -2.36. The molecule has 1 saturated heterocycles. The van der Waals surface area contributed by atoms with Gasteiger partial charge in [0.1, 0.15) is 5.82 Å². The maximum absolute atomic E-state index is 5.96.